The molecule has 0 radical (unpaired) electrons. The van der Waals surface area contributed by atoms with Crippen molar-refractivity contribution >= 4 is 24.2 Å². The number of nitrogens with zero attached hydrogens (tertiary/aromatic N) is 2. The summed E-state index contributed by atoms with van der Waals surface area (Å²) >= 11 is 0. The van der Waals surface area contributed by atoms with Gasteiger partial charge in [-0.2, -0.15) is 5.10 Å². The first kappa shape index (κ1) is 11.0. The van der Waals surface area contributed by atoms with Crippen molar-refractivity contribution in [3.63, 3.8) is 0 Å². The van der Waals surface area contributed by atoms with E-state index in [9.17, 15) is 14.4 Å². The molecule has 0 spiro atoms. The zero-order valence-corrected chi connectivity index (χ0v) is 8.27. The van der Waals surface area contributed by atoms with Crippen molar-refractivity contribution < 1.29 is 14.4 Å². The number of carbonyl (C=O) groups excluding carboxylic acids is 3. The van der Waals surface area contributed by atoms with Crippen molar-refractivity contribution in [1.29, 1.82) is 0 Å². The molecule has 0 aromatic heterocycles. The number of nitrogens with one attached hydrogen (secondary N) is 2. The maximum Gasteiger partial charge on any atom is 0.332 e. The van der Waals surface area contributed by atoms with Gasteiger partial charge in [0.15, 0.2) is 5.54 Å². The Labute approximate surface area is 85.5 Å². The molecule has 8 heteroatoms. The zero-order chi connectivity index (χ0) is 11.6. The molecule has 1 rings (SSSR count). The van der Waals surface area contributed by atoms with Crippen LogP contribution in [0.25, 0.3) is 0 Å². The Kier molecular flexibility index (Phi) is 2.60. The summed E-state index contributed by atoms with van der Waals surface area (Å²) in [5.41, 5.74) is 5.46. The van der Waals surface area contributed by atoms with E-state index >= 15 is 0 Å². The molecule has 15 heavy (non-hydrogen) atoms. The molecule has 1 fully saturated rings. The third-order valence-corrected chi connectivity index (χ3v) is 1.92. The van der Waals surface area contributed by atoms with Crippen LogP contribution < -0.4 is 16.5 Å². The highest BCUT2D eigenvalue weighted by Gasteiger charge is 2.45. The molecule has 5 amide bonds. The van der Waals surface area contributed by atoms with E-state index < -0.39 is 23.5 Å². The Hall–Kier alpha value is -2.12. The van der Waals surface area contributed by atoms with Crippen LogP contribution in [0.4, 0.5) is 9.59 Å². The number of imide groups is 1. The highest BCUT2D eigenvalue weighted by atomic mass is 16.2. The summed E-state index contributed by atoms with van der Waals surface area (Å²) in [6, 6.07) is -1.37. The summed E-state index contributed by atoms with van der Waals surface area (Å²) in [6.45, 7) is 1.46. The maximum atomic E-state index is 11.5. The summed E-state index contributed by atoms with van der Waals surface area (Å²) in [7, 11) is 1.35. The number of rotatable bonds is 2. The van der Waals surface area contributed by atoms with Crippen LogP contribution in [0.5, 0.6) is 0 Å². The second-order valence-corrected chi connectivity index (χ2v) is 3.23. The van der Waals surface area contributed by atoms with Gasteiger partial charge in [0.2, 0.25) is 0 Å². The number of carbonyl (C=O) groups is 3. The molecule has 0 bridgehead atoms. The highest BCUT2D eigenvalue weighted by molar-refractivity contribution is 6.15. The molecule has 0 aromatic rings. The lowest BCUT2D eigenvalue weighted by Crippen LogP contribution is -2.46. The van der Waals surface area contributed by atoms with Crippen LogP contribution >= 0.6 is 0 Å². The molecule has 8 nitrogen and oxygen atoms in total. The molecule has 1 heterocycles. The van der Waals surface area contributed by atoms with Gasteiger partial charge < -0.3 is 11.1 Å². The van der Waals surface area contributed by atoms with Crippen LogP contribution in [0.1, 0.15) is 6.92 Å². The molecular weight excluding hydrogens is 202 g/mol. The second kappa shape index (κ2) is 3.56. The fourth-order valence-corrected chi connectivity index (χ4v) is 1.11. The molecule has 0 aromatic carbocycles. The lowest BCUT2D eigenvalue weighted by atomic mass is 10.1. The van der Waals surface area contributed by atoms with Crippen LogP contribution in [0.3, 0.4) is 0 Å². The number of hydrogen-bond donors (Lipinski definition) is 3. The predicted molar refractivity (Wildman–Crippen MR) is 50.9 cm³/mol. The first-order valence-corrected chi connectivity index (χ1v) is 4.07. The molecule has 1 aliphatic heterocycles. The van der Waals surface area contributed by atoms with Gasteiger partial charge in [0.05, 0.1) is 6.21 Å². The molecule has 4 N–H and O–H groups in total. The van der Waals surface area contributed by atoms with Crippen molar-refractivity contribution in [2.24, 2.45) is 10.8 Å². The van der Waals surface area contributed by atoms with Gasteiger partial charge >= 0.3 is 12.1 Å². The quantitative estimate of drug-likeness (QED) is 0.297. The van der Waals surface area contributed by atoms with E-state index in [1.807, 2.05) is 5.43 Å². The lowest BCUT2D eigenvalue weighted by molar-refractivity contribution is -0.127. The average Bonchev–Trinajstić information content (AvgIpc) is 2.30. The van der Waals surface area contributed by atoms with Crippen molar-refractivity contribution in [3.05, 3.63) is 0 Å². The van der Waals surface area contributed by atoms with Gasteiger partial charge in [-0.3, -0.25) is 9.69 Å². The Morgan fingerprint density at radius 3 is 2.67 bits per heavy atom. The van der Waals surface area contributed by atoms with Crippen LogP contribution in [-0.2, 0) is 4.79 Å². The summed E-state index contributed by atoms with van der Waals surface area (Å²) in [6.07, 6.45) is 1.11. The number of urea groups is 2. The molecule has 1 unspecified atom stereocenters. The van der Waals surface area contributed by atoms with Crippen LogP contribution in [-0.4, -0.2) is 41.7 Å². The monoisotopic (exact) mass is 213 g/mol. The van der Waals surface area contributed by atoms with Gasteiger partial charge in [-0.25, -0.2) is 15.0 Å². The number of nitrogens with two attached hydrogens (primary N) is 1. The molecule has 0 aliphatic carbocycles. The second-order valence-electron chi connectivity index (χ2n) is 3.23. The third-order valence-electron chi connectivity index (χ3n) is 1.92. The topological polar surface area (TPSA) is 117 Å². The fourth-order valence-electron chi connectivity index (χ4n) is 1.11. The SMILES string of the molecule is CN1C(=O)NC(C)(/C=N/NC(N)=O)C1=O. The first-order valence-electron chi connectivity index (χ1n) is 4.07. The minimum absolute atomic E-state index is 0.456. The Morgan fingerprint density at radius 2 is 2.27 bits per heavy atom. The number of hydrogen-bond acceptors (Lipinski definition) is 4. The van der Waals surface area contributed by atoms with E-state index in [1.54, 1.807) is 0 Å². The minimum Gasteiger partial charge on any atom is -0.350 e. The maximum absolute atomic E-state index is 11.5. The van der Waals surface area contributed by atoms with Crippen LogP contribution in [0.15, 0.2) is 5.10 Å². The van der Waals surface area contributed by atoms with Crippen molar-refractivity contribution in [2.75, 3.05) is 7.05 Å². The average molecular weight is 213 g/mol. The Morgan fingerprint density at radius 1 is 1.67 bits per heavy atom. The van der Waals surface area contributed by atoms with E-state index in [0.29, 0.717) is 0 Å². The van der Waals surface area contributed by atoms with E-state index in [2.05, 4.69) is 10.4 Å². The predicted octanol–water partition coefficient (Wildman–Crippen LogP) is -1.42. The van der Waals surface area contributed by atoms with Gasteiger partial charge in [-0.1, -0.05) is 0 Å². The number of hydrazone groups is 1. The minimum atomic E-state index is -1.24. The van der Waals surface area contributed by atoms with E-state index in [1.165, 1.54) is 14.0 Å². The molecule has 1 atom stereocenters. The van der Waals surface area contributed by atoms with Crippen molar-refractivity contribution in [1.82, 2.24) is 15.6 Å². The van der Waals surface area contributed by atoms with Crippen LogP contribution in [0.2, 0.25) is 0 Å². The molecule has 1 saturated heterocycles. The van der Waals surface area contributed by atoms with Gasteiger partial charge in [0.25, 0.3) is 5.91 Å². The highest BCUT2D eigenvalue weighted by Crippen LogP contribution is 2.13. The largest absolute Gasteiger partial charge is 0.350 e. The molecular formula is C7H11N5O3. The summed E-state index contributed by atoms with van der Waals surface area (Å²) in [4.78, 5) is 33.9. The van der Waals surface area contributed by atoms with E-state index in [4.69, 9.17) is 5.73 Å². The van der Waals surface area contributed by atoms with Gasteiger partial charge in [-0.15, -0.1) is 0 Å². The fraction of sp³-hybridized carbons (Fsp3) is 0.429. The third kappa shape index (κ3) is 2.03. The number of amides is 5. The molecule has 82 valence electrons. The Bertz CT molecular complexity index is 353. The van der Waals surface area contributed by atoms with Crippen molar-refractivity contribution in [3.8, 4) is 0 Å². The van der Waals surface area contributed by atoms with E-state index in [0.717, 1.165) is 11.1 Å². The number of primary amides is 1. The molecule has 1 aliphatic rings. The molecule has 0 saturated carbocycles. The zero-order valence-electron chi connectivity index (χ0n) is 8.27. The van der Waals surface area contributed by atoms with Gasteiger partial charge in [0.1, 0.15) is 0 Å². The van der Waals surface area contributed by atoms with Crippen LogP contribution in [0, 0.1) is 0 Å². The normalized spacial score (nSPS) is 25.9. The summed E-state index contributed by atoms with van der Waals surface area (Å²) in [5, 5.41) is 5.83. The standard InChI is InChI=1S/C7H11N5O3/c1-7(3-9-11-5(8)14)4(13)12(2)6(15)10-7/h3H,1-2H3,(H,10,15)(H3,8,11,14)/b9-3+. The number of likely N-dealkylation sites (N-methyl/N-ethyl adjacent to an activating group) is 1. The van der Waals surface area contributed by atoms with Crippen molar-refractivity contribution in [2.45, 2.75) is 12.5 Å². The van der Waals surface area contributed by atoms with Gasteiger partial charge in [-0.05, 0) is 6.92 Å². The summed E-state index contributed by atoms with van der Waals surface area (Å²) < 4.78 is 0. The van der Waals surface area contributed by atoms with Gasteiger partial charge in [0, 0.05) is 7.05 Å². The Balaban J connectivity index is 2.76. The summed E-state index contributed by atoms with van der Waals surface area (Å²) in [5.74, 6) is -0.456. The lowest BCUT2D eigenvalue weighted by Gasteiger charge is -2.14. The van der Waals surface area contributed by atoms with E-state index in [-0.39, 0.29) is 0 Å². The smallest absolute Gasteiger partial charge is 0.332 e. The first-order chi connectivity index (χ1) is 6.87.